The second-order valence-electron chi connectivity index (χ2n) is 7.21. The first kappa shape index (κ1) is 15.9. The van der Waals surface area contributed by atoms with Crippen molar-refractivity contribution >= 4 is 11.6 Å². The highest BCUT2D eigenvalue weighted by Gasteiger charge is 2.39. The summed E-state index contributed by atoms with van der Waals surface area (Å²) in [6.07, 6.45) is 5.83. The van der Waals surface area contributed by atoms with Crippen LogP contribution in [0.5, 0.6) is 0 Å². The van der Waals surface area contributed by atoms with Gasteiger partial charge in [-0.1, -0.05) is 0 Å². The van der Waals surface area contributed by atoms with E-state index in [4.69, 9.17) is 9.47 Å². The maximum absolute atomic E-state index is 12.7. The van der Waals surface area contributed by atoms with Crippen molar-refractivity contribution in [3.05, 3.63) is 29.3 Å². The quantitative estimate of drug-likeness (QED) is 0.875. The number of benzene rings is 1. The van der Waals surface area contributed by atoms with E-state index in [9.17, 15) is 4.79 Å². The minimum atomic E-state index is -0.0891. The molecule has 5 heteroatoms. The molecule has 0 saturated carbocycles. The molecular formula is C19H26N2O3. The van der Waals surface area contributed by atoms with Gasteiger partial charge in [0.05, 0.1) is 5.60 Å². The van der Waals surface area contributed by atoms with Gasteiger partial charge in [0.2, 0.25) is 0 Å². The molecular weight excluding hydrogens is 304 g/mol. The summed E-state index contributed by atoms with van der Waals surface area (Å²) >= 11 is 0. The third-order valence-electron chi connectivity index (χ3n) is 5.54. The molecule has 2 N–H and O–H groups in total. The molecule has 0 unspecified atom stereocenters. The monoisotopic (exact) mass is 330 g/mol. The van der Waals surface area contributed by atoms with E-state index in [1.165, 1.54) is 11.3 Å². The van der Waals surface area contributed by atoms with E-state index in [0.29, 0.717) is 0 Å². The van der Waals surface area contributed by atoms with Crippen LogP contribution in [0.3, 0.4) is 0 Å². The van der Waals surface area contributed by atoms with Gasteiger partial charge in [-0.15, -0.1) is 0 Å². The second kappa shape index (κ2) is 6.73. The van der Waals surface area contributed by atoms with Crippen LogP contribution in [0.25, 0.3) is 0 Å². The zero-order chi connectivity index (χ0) is 16.4. The summed E-state index contributed by atoms with van der Waals surface area (Å²) in [7, 11) is 0. The SMILES string of the molecule is O=C(N[C@H]1CCOC2(CCOCC2)C1)c1ccc2c(c1)CCCN2. The zero-order valence-electron chi connectivity index (χ0n) is 14.1. The number of nitrogens with one attached hydrogen (secondary N) is 2. The Bertz CT molecular complexity index is 605. The zero-order valence-corrected chi connectivity index (χ0v) is 14.1. The van der Waals surface area contributed by atoms with E-state index >= 15 is 0 Å². The number of rotatable bonds is 2. The number of anilines is 1. The fraction of sp³-hybridized carbons (Fsp3) is 0.632. The lowest BCUT2D eigenvalue weighted by Crippen LogP contribution is -2.51. The third kappa shape index (κ3) is 3.28. The molecule has 2 fully saturated rings. The van der Waals surface area contributed by atoms with Gasteiger partial charge in [-0.25, -0.2) is 0 Å². The van der Waals surface area contributed by atoms with Crippen molar-refractivity contribution in [3.8, 4) is 0 Å². The molecule has 0 radical (unpaired) electrons. The van der Waals surface area contributed by atoms with Gasteiger partial charge in [0, 0.05) is 43.7 Å². The van der Waals surface area contributed by atoms with Crippen LogP contribution in [0.4, 0.5) is 5.69 Å². The van der Waals surface area contributed by atoms with Crippen LogP contribution in [0, 0.1) is 0 Å². The van der Waals surface area contributed by atoms with Crippen LogP contribution in [0.2, 0.25) is 0 Å². The minimum Gasteiger partial charge on any atom is -0.385 e. The fourth-order valence-corrected chi connectivity index (χ4v) is 4.13. The van der Waals surface area contributed by atoms with Gasteiger partial charge >= 0.3 is 0 Å². The number of hydrogen-bond acceptors (Lipinski definition) is 4. The molecule has 5 nitrogen and oxygen atoms in total. The molecule has 4 rings (SSSR count). The molecule has 3 heterocycles. The largest absolute Gasteiger partial charge is 0.385 e. The Morgan fingerprint density at radius 3 is 3.00 bits per heavy atom. The summed E-state index contributed by atoms with van der Waals surface area (Å²) in [5, 5.41) is 6.62. The van der Waals surface area contributed by atoms with Crippen molar-refractivity contribution in [1.29, 1.82) is 0 Å². The van der Waals surface area contributed by atoms with Gasteiger partial charge in [0.15, 0.2) is 0 Å². The van der Waals surface area contributed by atoms with Gasteiger partial charge in [-0.05, 0) is 62.3 Å². The Balaban J connectivity index is 1.42. The predicted molar refractivity (Wildman–Crippen MR) is 92.5 cm³/mol. The summed E-state index contributed by atoms with van der Waals surface area (Å²) < 4.78 is 11.5. The Morgan fingerprint density at radius 1 is 1.25 bits per heavy atom. The lowest BCUT2D eigenvalue weighted by Gasteiger charge is -2.43. The van der Waals surface area contributed by atoms with Crippen molar-refractivity contribution in [1.82, 2.24) is 5.32 Å². The third-order valence-corrected chi connectivity index (χ3v) is 5.54. The summed E-state index contributed by atoms with van der Waals surface area (Å²) in [5.41, 5.74) is 3.10. The molecule has 130 valence electrons. The van der Waals surface area contributed by atoms with E-state index in [1.807, 2.05) is 18.2 Å². The first-order valence-electron chi connectivity index (χ1n) is 9.14. The molecule has 3 aliphatic heterocycles. The first-order valence-corrected chi connectivity index (χ1v) is 9.14. The average molecular weight is 330 g/mol. The molecule has 1 aromatic rings. The smallest absolute Gasteiger partial charge is 0.251 e. The van der Waals surface area contributed by atoms with Crippen molar-refractivity contribution < 1.29 is 14.3 Å². The Labute approximate surface area is 143 Å². The number of amides is 1. The number of fused-ring (bicyclic) bond motifs is 1. The van der Waals surface area contributed by atoms with E-state index < -0.39 is 0 Å². The molecule has 1 atom stereocenters. The number of hydrogen-bond donors (Lipinski definition) is 2. The molecule has 0 aliphatic carbocycles. The summed E-state index contributed by atoms with van der Waals surface area (Å²) in [5.74, 6) is 0.0393. The molecule has 1 amide bonds. The normalized spacial score (nSPS) is 25.6. The van der Waals surface area contributed by atoms with Crippen molar-refractivity contribution in [3.63, 3.8) is 0 Å². The number of aryl methyl sites for hydroxylation is 1. The predicted octanol–water partition coefficient (Wildman–Crippen LogP) is 2.50. The minimum absolute atomic E-state index is 0.0393. The van der Waals surface area contributed by atoms with Crippen molar-refractivity contribution in [2.24, 2.45) is 0 Å². The molecule has 1 spiro atoms. The maximum Gasteiger partial charge on any atom is 0.251 e. The Hall–Kier alpha value is -1.59. The summed E-state index contributed by atoms with van der Waals surface area (Å²) in [6.45, 7) is 3.27. The lowest BCUT2D eigenvalue weighted by molar-refractivity contribution is -0.139. The maximum atomic E-state index is 12.7. The fourth-order valence-electron chi connectivity index (χ4n) is 4.13. The Morgan fingerprint density at radius 2 is 2.12 bits per heavy atom. The average Bonchev–Trinajstić information content (AvgIpc) is 2.62. The molecule has 0 bridgehead atoms. The topological polar surface area (TPSA) is 59.6 Å². The number of carbonyl (C=O) groups excluding carboxylic acids is 1. The van der Waals surface area contributed by atoms with Gasteiger partial charge in [-0.3, -0.25) is 4.79 Å². The first-order chi connectivity index (χ1) is 11.7. The highest BCUT2D eigenvalue weighted by Crippen LogP contribution is 2.34. The number of ether oxygens (including phenoxy) is 2. The van der Waals surface area contributed by atoms with Crippen LogP contribution >= 0.6 is 0 Å². The molecule has 0 aromatic heterocycles. The van der Waals surface area contributed by atoms with Gasteiger partial charge in [0.25, 0.3) is 5.91 Å². The van der Waals surface area contributed by atoms with Crippen LogP contribution in [-0.2, 0) is 15.9 Å². The molecule has 1 aromatic carbocycles. The van der Waals surface area contributed by atoms with E-state index in [0.717, 1.165) is 70.5 Å². The van der Waals surface area contributed by atoms with Crippen LogP contribution < -0.4 is 10.6 Å². The van der Waals surface area contributed by atoms with Gasteiger partial charge < -0.3 is 20.1 Å². The van der Waals surface area contributed by atoms with Crippen molar-refractivity contribution in [2.45, 2.75) is 50.2 Å². The summed E-state index contributed by atoms with van der Waals surface area (Å²) in [4.78, 5) is 12.7. The van der Waals surface area contributed by atoms with Gasteiger partial charge in [-0.2, -0.15) is 0 Å². The second-order valence-corrected chi connectivity index (χ2v) is 7.21. The highest BCUT2D eigenvalue weighted by atomic mass is 16.5. The Kier molecular flexibility index (Phi) is 4.46. The lowest BCUT2D eigenvalue weighted by atomic mass is 9.84. The molecule has 24 heavy (non-hydrogen) atoms. The van der Waals surface area contributed by atoms with Gasteiger partial charge in [0.1, 0.15) is 0 Å². The standard InChI is InChI=1S/C19H26N2O3/c22-18(15-3-4-17-14(12-15)2-1-8-20-17)21-16-5-9-24-19(13-16)6-10-23-11-7-19/h3-4,12,16,20H,1-2,5-11,13H2,(H,21,22)/t16-/m0/s1. The van der Waals surface area contributed by atoms with Crippen LogP contribution in [0.1, 0.15) is 48.0 Å². The van der Waals surface area contributed by atoms with Crippen LogP contribution in [0.15, 0.2) is 18.2 Å². The van der Waals surface area contributed by atoms with Crippen LogP contribution in [-0.4, -0.2) is 43.9 Å². The van der Waals surface area contributed by atoms with E-state index in [2.05, 4.69) is 10.6 Å². The van der Waals surface area contributed by atoms with E-state index in [1.54, 1.807) is 0 Å². The molecule has 2 saturated heterocycles. The number of carbonyl (C=O) groups is 1. The van der Waals surface area contributed by atoms with Crippen molar-refractivity contribution in [2.75, 3.05) is 31.7 Å². The summed E-state index contributed by atoms with van der Waals surface area (Å²) in [6, 6.07) is 6.20. The molecule has 3 aliphatic rings. The van der Waals surface area contributed by atoms with E-state index in [-0.39, 0.29) is 17.6 Å². The highest BCUT2D eigenvalue weighted by molar-refractivity contribution is 5.95.